The molecule has 3 rings (SSSR count). The summed E-state index contributed by atoms with van der Waals surface area (Å²) in [6.45, 7) is 5.98. The number of anilines is 2. The Balaban J connectivity index is 1.73. The number of benzene rings is 1. The summed E-state index contributed by atoms with van der Waals surface area (Å²) in [6, 6.07) is 8.31. The maximum atomic E-state index is 12.7. The summed E-state index contributed by atoms with van der Waals surface area (Å²) in [5.74, 6) is 0.772. The van der Waals surface area contributed by atoms with E-state index in [1.807, 2.05) is 24.3 Å². The van der Waals surface area contributed by atoms with E-state index in [4.69, 9.17) is 0 Å². The number of carbonyl (C=O) groups excluding carboxylic acids is 1. The van der Waals surface area contributed by atoms with Crippen LogP contribution in [0.3, 0.4) is 0 Å². The fraction of sp³-hybridized carbons (Fsp3) is 0.562. The molecule has 0 aromatic heterocycles. The van der Waals surface area contributed by atoms with Crippen LogP contribution in [-0.4, -0.2) is 36.0 Å². The first-order valence-electron chi connectivity index (χ1n) is 7.56. The van der Waals surface area contributed by atoms with Crippen molar-refractivity contribution < 1.29 is 4.79 Å². The molecule has 20 heavy (non-hydrogen) atoms. The number of hydrogen-bond acceptors (Lipinski definition) is 3. The molecule has 0 radical (unpaired) electrons. The van der Waals surface area contributed by atoms with Gasteiger partial charge in [0.15, 0.2) is 0 Å². The molecule has 1 fully saturated rings. The Morgan fingerprint density at radius 2 is 2.05 bits per heavy atom. The number of hydrogen-bond donors (Lipinski definition) is 2. The quantitative estimate of drug-likeness (QED) is 0.870. The van der Waals surface area contributed by atoms with Gasteiger partial charge in [-0.2, -0.15) is 0 Å². The summed E-state index contributed by atoms with van der Waals surface area (Å²) in [7, 11) is 0. The van der Waals surface area contributed by atoms with Crippen LogP contribution < -0.4 is 10.6 Å². The lowest BCUT2D eigenvalue weighted by Crippen LogP contribution is -2.50. The minimum atomic E-state index is -0.149. The van der Waals surface area contributed by atoms with Gasteiger partial charge in [-0.25, -0.2) is 0 Å². The summed E-state index contributed by atoms with van der Waals surface area (Å²) >= 11 is 0. The molecule has 2 aliphatic rings. The first kappa shape index (κ1) is 13.3. The second kappa shape index (κ2) is 5.35. The molecule has 0 saturated carbocycles. The van der Waals surface area contributed by atoms with Gasteiger partial charge in [0.1, 0.15) is 6.04 Å². The van der Waals surface area contributed by atoms with Crippen LogP contribution in [0.15, 0.2) is 24.3 Å². The zero-order valence-electron chi connectivity index (χ0n) is 12.2. The highest BCUT2D eigenvalue weighted by Gasteiger charge is 2.35. The van der Waals surface area contributed by atoms with Crippen molar-refractivity contribution in [3.05, 3.63) is 24.3 Å². The van der Waals surface area contributed by atoms with Gasteiger partial charge in [-0.15, -0.1) is 0 Å². The molecule has 2 unspecified atom stereocenters. The molecule has 2 N–H and O–H groups in total. The maximum Gasteiger partial charge on any atom is 0.247 e. The highest BCUT2D eigenvalue weighted by molar-refractivity contribution is 5.89. The van der Waals surface area contributed by atoms with E-state index in [0.29, 0.717) is 18.5 Å². The van der Waals surface area contributed by atoms with Crippen molar-refractivity contribution in [1.82, 2.24) is 4.90 Å². The van der Waals surface area contributed by atoms with E-state index >= 15 is 0 Å². The second-order valence-electron chi connectivity index (χ2n) is 6.11. The van der Waals surface area contributed by atoms with Crippen LogP contribution in [0.2, 0.25) is 0 Å². The zero-order chi connectivity index (χ0) is 14.1. The van der Waals surface area contributed by atoms with E-state index in [-0.39, 0.29) is 11.9 Å². The van der Waals surface area contributed by atoms with Crippen molar-refractivity contribution in [2.45, 2.75) is 38.8 Å². The smallest absolute Gasteiger partial charge is 0.247 e. The van der Waals surface area contributed by atoms with Gasteiger partial charge in [0.05, 0.1) is 11.4 Å². The van der Waals surface area contributed by atoms with E-state index in [2.05, 4.69) is 29.4 Å². The monoisotopic (exact) mass is 273 g/mol. The largest absolute Gasteiger partial charge is 0.381 e. The fourth-order valence-corrected chi connectivity index (χ4v) is 3.32. The Bertz CT molecular complexity index is 500. The lowest BCUT2D eigenvalue weighted by Gasteiger charge is -2.34. The predicted octanol–water partition coefficient (Wildman–Crippen LogP) is 2.54. The first-order chi connectivity index (χ1) is 9.66. The third-order valence-electron chi connectivity index (χ3n) is 4.40. The maximum absolute atomic E-state index is 12.7. The summed E-state index contributed by atoms with van der Waals surface area (Å²) in [4.78, 5) is 14.8. The van der Waals surface area contributed by atoms with Gasteiger partial charge in [-0.1, -0.05) is 26.0 Å². The van der Waals surface area contributed by atoms with Crippen molar-refractivity contribution in [3.63, 3.8) is 0 Å². The molecule has 108 valence electrons. The third kappa shape index (κ3) is 2.35. The Morgan fingerprint density at radius 1 is 1.30 bits per heavy atom. The highest BCUT2D eigenvalue weighted by Crippen LogP contribution is 2.28. The minimum Gasteiger partial charge on any atom is -0.381 e. The van der Waals surface area contributed by atoms with Gasteiger partial charge in [0, 0.05) is 19.1 Å². The number of nitrogens with zero attached hydrogens (tertiary/aromatic N) is 1. The summed E-state index contributed by atoms with van der Waals surface area (Å²) < 4.78 is 0. The average Bonchev–Trinajstić information content (AvgIpc) is 2.95. The van der Waals surface area contributed by atoms with Crippen LogP contribution in [0.1, 0.15) is 26.7 Å². The molecule has 1 saturated heterocycles. The molecule has 0 bridgehead atoms. The molecule has 0 aliphatic carbocycles. The summed E-state index contributed by atoms with van der Waals surface area (Å²) in [5.41, 5.74) is 2.11. The molecule has 1 aromatic rings. The van der Waals surface area contributed by atoms with Crippen molar-refractivity contribution in [1.29, 1.82) is 0 Å². The van der Waals surface area contributed by atoms with E-state index in [1.165, 1.54) is 0 Å². The van der Waals surface area contributed by atoms with Crippen LogP contribution >= 0.6 is 0 Å². The van der Waals surface area contributed by atoms with Crippen LogP contribution in [0.25, 0.3) is 0 Å². The summed E-state index contributed by atoms with van der Waals surface area (Å²) in [6.07, 6.45) is 2.27. The van der Waals surface area contributed by atoms with Crippen LogP contribution in [-0.2, 0) is 4.79 Å². The number of nitrogens with one attached hydrogen (secondary N) is 2. The number of amides is 1. The average molecular weight is 273 g/mol. The molecule has 1 aromatic carbocycles. The second-order valence-corrected chi connectivity index (χ2v) is 6.11. The van der Waals surface area contributed by atoms with Crippen molar-refractivity contribution >= 4 is 17.3 Å². The summed E-state index contributed by atoms with van der Waals surface area (Å²) in [5, 5.41) is 6.73. The Morgan fingerprint density at radius 3 is 2.80 bits per heavy atom. The highest BCUT2D eigenvalue weighted by atomic mass is 16.2. The SMILES string of the molecule is CC(C)C1CCCN1C(=O)C1CNc2ccccc2N1. The Hall–Kier alpha value is -1.71. The molecular weight excluding hydrogens is 250 g/mol. The van der Waals surface area contributed by atoms with Crippen LogP contribution in [0.4, 0.5) is 11.4 Å². The zero-order valence-corrected chi connectivity index (χ0v) is 12.2. The molecule has 4 heteroatoms. The van der Waals surface area contributed by atoms with Gasteiger partial charge in [0.25, 0.3) is 0 Å². The molecule has 2 heterocycles. The number of carbonyl (C=O) groups is 1. The number of para-hydroxylation sites is 2. The molecule has 0 spiro atoms. The van der Waals surface area contributed by atoms with Gasteiger partial charge in [-0.3, -0.25) is 4.79 Å². The lowest BCUT2D eigenvalue weighted by atomic mass is 10.0. The van der Waals surface area contributed by atoms with E-state index in [1.54, 1.807) is 0 Å². The first-order valence-corrected chi connectivity index (χ1v) is 7.56. The number of likely N-dealkylation sites (tertiary alicyclic amines) is 1. The van der Waals surface area contributed by atoms with Crippen molar-refractivity contribution in [3.8, 4) is 0 Å². The van der Waals surface area contributed by atoms with E-state index < -0.39 is 0 Å². The standard InChI is InChI=1S/C16H23N3O/c1-11(2)15-8-5-9-19(15)16(20)14-10-17-12-6-3-4-7-13(12)18-14/h3-4,6-7,11,14-15,17-18H,5,8-10H2,1-2H3. The number of fused-ring (bicyclic) bond motifs is 1. The fourth-order valence-electron chi connectivity index (χ4n) is 3.32. The van der Waals surface area contributed by atoms with E-state index in [9.17, 15) is 4.79 Å². The molecular formula is C16H23N3O. The Labute approximate surface area is 120 Å². The van der Waals surface area contributed by atoms with Gasteiger partial charge in [-0.05, 0) is 30.9 Å². The van der Waals surface area contributed by atoms with E-state index in [0.717, 1.165) is 30.8 Å². The van der Waals surface area contributed by atoms with Crippen molar-refractivity contribution in [2.75, 3.05) is 23.7 Å². The topological polar surface area (TPSA) is 44.4 Å². The normalized spacial score (nSPS) is 25.1. The van der Waals surface area contributed by atoms with Crippen molar-refractivity contribution in [2.24, 2.45) is 5.92 Å². The predicted molar refractivity (Wildman–Crippen MR) is 81.9 cm³/mol. The number of rotatable bonds is 2. The minimum absolute atomic E-state index is 0.149. The lowest BCUT2D eigenvalue weighted by molar-refractivity contribution is -0.133. The molecule has 2 aliphatic heterocycles. The third-order valence-corrected chi connectivity index (χ3v) is 4.40. The Kier molecular flexibility index (Phi) is 3.55. The molecule has 1 amide bonds. The van der Waals surface area contributed by atoms with Gasteiger partial charge >= 0.3 is 0 Å². The molecule has 2 atom stereocenters. The van der Waals surface area contributed by atoms with Gasteiger partial charge in [0.2, 0.25) is 5.91 Å². The van der Waals surface area contributed by atoms with Gasteiger partial charge < -0.3 is 15.5 Å². The van der Waals surface area contributed by atoms with Crippen LogP contribution in [0, 0.1) is 5.92 Å². The molecule has 4 nitrogen and oxygen atoms in total. The van der Waals surface area contributed by atoms with Crippen LogP contribution in [0.5, 0.6) is 0 Å².